The minimum Gasteiger partial charge on any atom is -0.330 e. The maximum Gasteiger partial charge on any atom is 0.126 e. The van der Waals surface area contributed by atoms with Crippen LogP contribution in [0.3, 0.4) is 0 Å². The number of benzene rings is 1. The van der Waals surface area contributed by atoms with Gasteiger partial charge in [-0.05, 0) is 49.6 Å². The second kappa shape index (κ2) is 3.99. The highest BCUT2D eigenvalue weighted by Gasteiger charge is 2.47. The van der Waals surface area contributed by atoms with E-state index in [1.165, 1.54) is 6.07 Å². The monoisotopic (exact) mass is 242 g/mol. The smallest absolute Gasteiger partial charge is 0.126 e. The van der Waals surface area contributed by atoms with Crippen molar-refractivity contribution in [2.24, 2.45) is 16.9 Å². The number of rotatable bonds is 3. The fraction of sp³-hybridized carbons (Fsp3) is 0.500. The van der Waals surface area contributed by atoms with Gasteiger partial charge in [0.2, 0.25) is 0 Å². The molecule has 1 atom stereocenters. The van der Waals surface area contributed by atoms with Crippen LogP contribution in [0.4, 0.5) is 4.39 Å². The van der Waals surface area contributed by atoms with Crippen LogP contribution in [0.15, 0.2) is 12.1 Å². The van der Waals surface area contributed by atoms with E-state index in [2.05, 4.69) is 0 Å². The fourth-order valence-corrected chi connectivity index (χ4v) is 2.37. The van der Waals surface area contributed by atoms with Gasteiger partial charge < -0.3 is 11.5 Å². The maximum absolute atomic E-state index is 13.5. The van der Waals surface area contributed by atoms with Gasteiger partial charge in [0.15, 0.2) is 0 Å². The number of halogens is 2. The Balaban J connectivity index is 2.37. The molecule has 1 aromatic rings. The van der Waals surface area contributed by atoms with Crippen molar-refractivity contribution in [3.8, 4) is 0 Å². The van der Waals surface area contributed by atoms with Crippen molar-refractivity contribution < 1.29 is 4.39 Å². The molecule has 0 saturated heterocycles. The normalized spacial score (nSPS) is 19.6. The van der Waals surface area contributed by atoms with Gasteiger partial charge in [0.1, 0.15) is 5.82 Å². The highest BCUT2D eigenvalue weighted by Crippen LogP contribution is 2.53. The molecule has 2 nitrogen and oxygen atoms in total. The molecule has 0 amide bonds. The Morgan fingerprint density at radius 1 is 1.50 bits per heavy atom. The maximum atomic E-state index is 13.5. The van der Waals surface area contributed by atoms with Crippen LogP contribution in [-0.2, 0) is 0 Å². The third kappa shape index (κ3) is 1.83. The van der Waals surface area contributed by atoms with Gasteiger partial charge >= 0.3 is 0 Å². The molecule has 2 rings (SSSR count). The highest BCUT2D eigenvalue weighted by atomic mass is 35.5. The summed E-state index contributed by atoms with van der Waals surface area (Å²) in [5.74, 6) is -0.261. The van der Waals surface area contributed by atoms with E-state index in [0.29, 0.717) is 22.7 Å². The van der Waals surface area contributed by atoms with E-state index in [4.69, 9.17) is 23.1 Å². The first-order valence-corrected chi connectivity index (χ1v) is 5.79. The number of hydrogen-bond donors (Lipinski definition) is 2. The summed E-state index contributed by atoms with van der Waals surface area (Å²) < 4.78 is 13.5. The lowest BCUT2D eigenvalue weighted by molar-refractivity contribution is 0.417. The first-order chi connectivity index (χ1) is 7.50. The van der Waals surface area contributed by atoms with E-state index in [1.54, 1.807) is 13.0 Å². The summed E-state index contributed by atoms with van der Waals surface area (Å²) in [4.78, 5) is 0. The Bertz CT molecular complexity index is 416. The van der Waals surface area contributed by atoms with E-state index in [9.17, 15) is 4.39 Å². The first kappa shape index (κ1) is 11.8. The first-order valence-electron chi connectivity index (χ1n) is 5.41. The molecule has 1 aliphatic rings. The second-order valence-electron chi connectivity index (χ2n) is 4.67. The van der Waals surface area contributed by atoms with Gasteiger partial charge in [-0.25, -0.2) is 4.39 Å². The average Bonchev–Trinajstić information content (AvgIpc) is 3.03. The van der Waals surface area contributed by atoms with Crippen LogP contribution in [0, 0.1) is 18.2 Å². The third-order valence-electron chi connectivity index (χ3n) is 3.57. The molecule has 88 valence electrons. The number of nitrogens with two attached hydrogens (primary N) is 2. The van der Waals surface area contributed by atoms with E-state index < -0.39 is 0 Å². The quantitative estimate of drug-likeness (QED) is 0.856. The molecule has 1 aliphatic carbocycles. The highest BCUT2D eigenvalue weighted by molar-refractivity contribution is 6.31. The van der Waals surface area contributed by atoms with Crippen molar-refractivity contribution in [3.05, 3.63) is 34.1 Å². The predicted molar refractivity (Wildman–Crippen MR) is 63.8 cm³/mol. The van der Waals surface area contributed by atoms with Crippen molar-refractivity contribution in [2.45, 2.75) is 25.8 Å². The average molecular weight is 243 g/mol. The van der Waals surface area contributed by atoms with Crippen molar-refractivity contribution in [2.75, 3.05) is 6.54 Å². The molecule has 0 aromatic heterocycles. The van der Waals surface area contributed by atoms with Gasteiger partial charge in [0.05, 0.1) is 0 Å². The Labute approximate surface area is 99.8 Å². The summed E-state index contributed by atoms with van der Waals surface area (Å²) in [6.07, 6.45) is 1.99. The standard InChI is InChI=1S/C12H16ClFN2/c1-7-4-9(13)8(5-10(7)14)11(16)12(6-15)2-3-12/h4-5,11H,2-3,6,15-16H2,1H3. The summed E-state index contributed by atoms with van der Waals surface area (Å²) in [7, 11) is 0. The molecule has 1 unspecified atom stereocenters. The van der Waals surface area contributed by atoms with Crippen molar-refractivity contribution >= 4 is 11.6 Å². The molecule has 1 fully saturated rings. The predicted octanol–water partition coefficient (Wildman–Crippen LogP) is 2.53. The van der Waals surface area contributed by atoms with Gasteiger partial charge in [-0.2, -0.15) is 0 Å². The SMILES string of the molecule is Cc1cc(Cl)c(C(N)C2(CN)CC2)cc1F. The Hall–Kier alpha value is -0.640. The van der Waals surface area contributed by atoms with Crippen LogP contribution in [0.2, 0.25) is 5.02 Å². The summed E-state index contributed by atoms with van der Waals surface area (Å²) >= 11 is 6.10. The fourth-order valence-electron chi connectivity index (χ4n) is 2.03. The summed E-state index contributed by atoms with van der Waals surface area (Å²) in [6, 6.07) is 2.80. The van der Waals surface area contributed by atoms with Crippen molar-refractivity contribution in [3.63, 3.8) is 0 Å². The minimum absolute atomic E-state index is 0.0641. The minimum atomic E-state index is -0.264. The van der Waals surface area contributed by atoms with Gasteiger partial charge in [0.25, 0.3) is 0 Å². The molecule has 4 N–H and O–H groups in total. The van der Waals surface area contributed by atoms with Crippen LogP contribution >= 0.6 is 11.6 Å². The van der Waals surface area contributed by atoms with Crippen LogP contribution in [0.1, 0.15) is 30.0 Å². The molecule has 4 heteroatoms. The van der Waals surface area contributed by atoms with Gasteiger partial charge in [0, 0.05) is 16.5 Å². The molecule has 0 heterocycles. The third-order valence-corrected chi connectivity index (χ3v) is 3.90. The number of aryl methyl sites for hydroxylation is 1. The zero-order chi connectivity index (χ0) is 11.9. The molecule has 0 aliphatic heterocycles. The molecule has 1 aromatic carbocycles. The molecule has 0 spiro atoms. The summed E-state index contributed by atoms with van der Waals surface area (Å²) in [5, 5.41) is 0.533. The van der Waals surface area contributed by atoms with Crippen molar-refractivity contribution in [1.82, 2.24) is 0 Å². The van der Waals surface area contributed by atoms with Crippen molar-refractivity contribution in [1.29, 1.82) is 0 Å². The lowest BCUT2D eigenvalue weighted by Crippen LogP contribution is -2.29. The number of hydrogen-bond acceptors (Lipinski definition) is 2. The summed E-state index contributed by atoms with van der Waals surface area (Å²) in [5.41, 5.74) is 13.0. The van der Waals surface area contributed by atoms with Crippen LogP contribution in [0.5, 0.6) is 0 Å². The Morgan fingerprint density at radius 3 is 2.62 bits per heavy atom. The van der Waals surface area contributed by atoms with E-state index >= 15 is 0 Å². The molecule has 1 saturated carbocycles. The van der Waals surface area contributed by atoms with Crippen LogP contribution in [-0.4, -0.2) is 6.54 Å². The molecular weight excluding hydrogens is 227 g/mol. The van der Waals surface area contributed by atoms with Gasteiger partial charge in [-0.3, -0.25) is 0 Å². The largest absolute Gasteiger partial charge is 0.330 e. The van der Waals surface area contributed by atoms with Gasteiger partial charge in [-0.15, -0.1) is 0 Å². The van der Waals surface area contributed by atoms with Crippen LogP contribution < -0.4 is 11.5 Å². The lowest BCUT2D eigenvalue weighted by Gasteiger charge is -2.23. The van der Waals surface area contributed by atoms with E-state index in [0.717, 1.165) is 12.8 Å². The van der Waals surface area contributed by atoms with Gasteiger partial charge in [-0.1, -0.05) is 11.6 Å². The second-order valence-corrected chi connectivity index (χ2v) is 5.07. The molecule has 16 heavy (non-hydrogen) atoms. The molecule has 0 radical (unpaired) electrons. The summed E-state index contributed by atoms with van der Waals surface area (Å²) in [6.45, 7) is 2.21. The Kier molecular flexibility index (Phi) is 2.95. The lowest BCUT2D eigenvalue weighted by atomic mass is 9.90. The van der Waals surface area contributed by atoms with E-state index in [1.807, 2.05) is 0 Å². The Morgan fingerprint density at radius 2 is 2.12 bits per heavy atom. The zero-order valence-electron chi connectivity index (χ0n) is 9.26. The molecule has 0 bridgehead atoms. The van der Waals surface area contributed by atoms with Crippen LogP contribution in [0.25, 0.3) is 0 Å². The van der Waals surface area contributed by atoms with E-state index in [-0.39, 0.29) is 17.3 Å². The molecular formula is C12H16ClFN2. The topological polar surface area (TPSA) is 52.0 Å². The zero-order valence-corrected chi connectivity index (χ0v) is 10.0.